The fourth-order valence-corrected chi connectivity index (χ4v) is 2.33. The molecule has 0 aromatic heterocycles. The number of nitrogens with zero attached hydrogens (tertiary/aromatic N) is 2. The van der Waals surface area contributed by atoms with Crippen molar-refractivity contribution < 1.29 is 28.7 Å². The standard InChI is InChI=1S/C19H17N3O7/c1-3-28-17-8-14(15(22(25)26)9-16(17)27-2)19(24)29-11-18(23)21-13-6-4-12(10-20)5-7-13/h4-9H,3,11H2,1-2H3,(H,21,23). The predicted molar refractivity (Wildman–Crippen MR) is 101 cm³/mol. The maximum absolute atomic E-state index is 12.3. The quantitative estimate of drug-likeness (QED) is 0.406. The van der Waals surface area contributed by atoms with Crippen molar-refractivity contribution in [2.24, 2.45) is 0 Å². The van der Waals surface area contributed by atoms with Crippen molar-refractivity contribution in [2.45, 2.75) is 6.92 Å². The van der Waals surface area contributed by atoms with Gasteiger partial charge >= 0.3 is 5.97 Å². The Hall–Kier alpha value is -4.13. The first-order valence-corrected chi connectivity index (χ1v) is 8.36. The summed E-state index contributed by atoms with van der Waals surface area (Å²) in [5, 5.41) is 22.5. The molecule has 2 aromatic carbocycles. The van der Waals surface area contributed by atoms with Gasteiger partial charge in [-0.15, -0.1) is 0 Å². The van der Waals surface area contributed by atoms with E-state index in [2.05, 4.69) is 5.32 Å². The smallest absolute Gasteiger partial charge is 0.345 e. The van der Waals surface area contributed by atoms with Crippen molar-refractivity contribution in [3.8, 4) is 17.6 Å². The molecule has 0 unspecified atom stereocenters. The molecular formula is C19H17N3O7. The summed E-state index contributed by atoms with van der Waals surface area (Å²) >= 11 is 0. The molecular weight excluding hydrogens is 382 g/mol. The highest BCUT2D eigenvalue weighted by Gasteiger charge is 2.26. The van der Waals surface area contributed by atoms with Crippen LogP contribution >= 0.6 is 0 Å². The van der Waals surface area contributed by atoms with Crippen LogP contribution in [0.25, 0.3) is 0 Å². The number of benzene rings is 2. The fraction of sp³-hybridized carbons (Fsp3) is 0.211. The summed E-state index contributed by atoms with van der Waals surface area (Å²) in [6.07, 6.45) is 0. The number of ether oxygens (including phenoxy) is 3. The molecule has 0 saturated heterocycles. The van der Waals surface area contributed by atoms with Gasteiger partial charge in [-0.1, -0.05) is 0 Å². The molecule has 0 aliphatic heterocycles. The molecule has 0 bridgehead atoms. The van der Waals surface area contributed by atoms with Crippen LogP contribution in [0.1, 0.15) is 22.8 Å². The van der Waals surface area contributed by atoms with Crippen LogP contribution in [0.15, 0.2) is 36.4 Å². The summed E-state index contributed by atoms with van der Waals surface area (Å²) in [6, 6.07) is 10.2. The first-order valence-electron chi connectivity index (χ1n) is 8.36. The van der Waals surface area contributed by atoms with E-state index in [-0.39, 0.29) is 23.7 Å². The summed E-state index contributed by atoms with van der Waals surface area (Å²) in [6.45, 7) is 1.29. The number of rotatable bonds is 8. The van der Waals surface area contributed by atoms with Gasteiger partial charge in [-0.3, -0.25) is 14.9 Å². The number of hydrogen-bond donors (Lipinski definition) is 1. The van der Waals surface area contributed by atoms with E-state index < -0.39 is 29.1 Å². The number of esters is 1. The monoisotopic (exact) mass is 399 g/mol. The zero-order valence-corrected chi connectivity index (χ0v) is 15.6. The molecule has 150 valence electrons. The second kappa shape index (κ2) is 9.70. The van der Waals surface area contributed by atoms with Gasteiger partial charge in [0.1, 0.15) is 5.56 Å². The van der Waals surface area contributed by atoms with Gasteiger partial charge in [0.25, 0.3) is 11.6 Å². The van der Waals surface area contributed by atoms with Crippen LogP contribution in [0.4, 0.5) is 11.4 Å². The van der Waals surface area contributed by atoms with Gasteiger partial charge in [-0.25, -0.2) is 4.79 Å². The third-order valence-electron chi connectivity index (χ3n) is 3.63. The largest absolute Gasteiger partial charge is 0.493 e. The molecule has 29 heavy (non-hydrogen) atoms. The Morgan fingerprint density at radius 1 is 1.21 bits per heavy atom. The molecule has 0 aliphatic rings. The molecule has 10 heteroatoms. The topological polar surface area (TPSA) is 141 Å². The Bertz CT molecular complexity index is 965. The number of methoxy groups -OCH3 is 1. The minimum atomic E-state index is -1.06. The Morgan fingerprint density at radius 2 is 1.90 bits per heavy atom. The van der Waals surface area contributed by atoms with Gasteiger partial charge in [0.05, 0.1) is 36.3 Å². The van der Waals surface area contributed by atoms with E-state index in [1.54, 1.807) is 6.92 Å². The van der Waals surface area contributed by atoms with Crippen LogP contribution < -0.4 is 14.8 Å². The highest BCUT2D eigenvalue weighted by molar-refractivity contribution is 5.98. The van der Waals surface area contributed by atoms with Crippen LogP contribution in [0.2, 0.25) is 0 Å². The van der Waals surface area contributed by atoms with Crippen molar-refractivity contribution in [3.05, 3.63) is 57.6 Å². The van der Waals surface area contributed by atoms with Gasteiger partial charge in [-0.05, 0) is 31.2 Å². The van der Waals surface area contributed by atoms with Gasteiger partial charge in [0, 0.05) is 11.8 Å². The molecule has 0 atom stereocenters. The van der Waals surface area contributed by atoms with Gasteiger partial charge in [-0.2, -0.15) is 5.26 Å². The van der Waals surface area contributed by atoms with Gasteiger partial charge < -0.3 is 19.5 Å². The Labute approximate surface area is 165 Å². The number of hydrogen-bond acceptors (Lipinski definition) is 8. The number of nitro benzene ring substituents is 1. The summed E-state index contributed by atoms with van der Waals surface area (Å²) in [5.74, 6) is -1.48. The molecule has 0 aliphatic carbocycles. The maximum atomic E-state index is 12.3. The number of carbonyl (C=O) groups is 2. The van der Waals surface area contributed by atoms with E-state index in [4.69, 9.17) is 19.5 Å². The van der Waals surface area contributed by atoms with Gasteiger partial charge in [0.15, 0.2) is 18.1 Å². The van der Waals surface area contributed by atoms with E-state index in [9.17, 15) is 19.7 Å². The molecule has 0 fully saturated rings. The lowest BCUT2D eigenvalue weighted by molar-refractivity contribution is -0.385. The van der Waals surface area contributed by atoms with Crippen molar-refractivity contribution in [3.63, 3.8) is 0 Å². The summed E-state index contributed by atoms with van der Waals surface area (Å²) in [4.78, 5) is 34.8. The van der Waals surface area contributed by atoms with Gasteiger partial charge in [0.2, 0.25) is 0 Å². The molecule has 0 saturated carbocycles. The highest BCUT2D eigenvalue weighted by Crippen LogP contribution is 2.35. The van der Waals surface area contributed by atoms with Crippen molar-refractivity contribution >= 4 is 23.3 Å². The molecule has 0 heterocycles. The minimum absolute atomic E-state index is 0.0914. The maximum Gasteiger partial charge on any atom is 0.345 e. The third-order valence-corrected chi connectivity index (χ3v) is 3.63. The van der Waals surface area contributed by atoms with Crippen LogP contribution in [-0.2, 0) is 9.53 Å². The lowest BCUT2D eigenvalue weighted by Crippen LogP contribution is -2.21. The van der Waals surface area contributed by atoms with E-state index in [1.807, 2.05) is 6.07 Å². The normalized spacial score (nSPS) is 9.83. The van der Waals surface area contributed by atoms with Crippen LogP contribution in [-0.4, -0.2) is 37.1 Å². The second-order valence-electron chi connectivity index (χ2n) is 5.52. The van der Waals surface area contributed by atoms with E-state index in [0.717, 1.165) is 12.1 Å². The minimum Gasteiger partial charge on any atom is -0.493 e. The first kappa shape index (κ1) is 21.2. The van der Waals surface area contributed by atoms with Crippen molar-refractivity contribution in [1.29, 1.82) is 5.26 Å². The number of nitrogens with one attached hydrogen (secondary N) is 1. The number of nitriles is 1. The summed E-state index contributed by atoms with van der Waals surface area (Å²) in [7, 11) is 1.31. The van der Waals surface area contributed by atoms with E-state index in [1.165, 1.54) is 31.4 Å². The van der Waals surface area contributed by atoms with Crippen LogP contribution in [0.5, 0.6) is 11.5 Å². The number of carbonyl (C=O) groups excluding carboxylic acids is 2. The Balaban J connectivity index is 2.12. The molecule has 0 radical (unpaired) electrons. The van der Waals surface area contributed by atoms with E-state index in [0.29, 0.717) is 11.3 Å². The summed E-state index contributed by atoms with van der Waals surface area (Å²) in [5.41, 5.74) is -0.0846. The number of anilines is 1. The molecule has 10 nitrogen and oxygen atoms in total. The molecule has 1 N–H and O–H groups in total. The lowest BCUT2D eigenvalue weighted by atomic mass is 10.1. The van der Waals surface area contributed by atoms with Crippen LogP contribution in [0, 0.1) is 21.4 Å². The summed E-state index contributed by atoms with van der Waals surface area (Å²) < 4.78 is 15.3. The first-order chi connectivity index (χ1) is 13.9. The molecule has 0 spiro atoms. The van der Waals surface area contributed by atoms with Crippen LogP contribution in [0.3, 0.4) is 0 Å². The number of nitro groups is 1. The molecule has 2 aromatic rings. The molecule has 1 amide bonds. The lowest BCUT2D eigenvalue weighted by Gasteiger charge is -2.12. The highest BCUT2D eigenvalue weighted by atomic mass is 16.6. The third kappa shape index (κ3) is 5.43. The van der Waals surface area contributed by atoms with Crippen molar-refractivity contribution in [2.75, 3.05) is 25.6 Å². The zero-order chi connectivity index (χ0) is 21.4. The Kier molecular flexibility index (Phi) is 7.08. The average molecular weight is 399 g/mol. The predicted octanol–water partition coefficient (Wildman–Crippen LogP) is 2.67. The average Bonchev–Trinajstić information content (AvgIpc) is 2.72. The zero-order valence-electron chi connectivity index (χ0n) is 15.6. The van der Waals surface area contributed by atoms with E-state index >= 15 is 0 Å². The Morgan fingerprint density at radius 3 is 2.45 bits per heavy atom. The number of amides is 1. The SMILES string of the molecule is CCOc1cc(C(=O)OCC(=O)Nc2ccc(C#N)cc2)c([N+](=O)[O-])cc1OC. The van der Waals surface area contributed by atoms with Crippen molar-refractivity contribution in [1.82, 2.24) is 0 Å². The second-order valence-corrected chi connectivity index (χ2v) is 5.52. The molecule has 2 rings (SSSR count). The fourth-order valence-electron chi connectivity index (χ4n) is 2.33.